The molecule has 0 unspecified atom stereocenters. The van der Waals surface area contributed by atoms with Crippen LogP contribution in [0.5, 0.6) is 0 Å². The number of aromatic nitrogens is 1. The van der Waals surface area contributed by atoms with Crippen LogP contribution in [-0.4, -0.2) is 22.7 Å². The molecule has 0 aromatic carbocycles. The summed E-state index contributed by atoms with van der Waals surface area (Å²) < 4.78 is 8.95. The van der Waals surface area contributed by atoms with Crippen LogP contribution in [0.3, 0.4) is 0 Å². The van der Waals surface area contributed by atoms with Crippen LogP contribution in [-0.2, 0) is 5.75 Å². The van der Waals surface area contributed by atoms with Crippen LogP contribution in [0.15, 0.2) is 49.9 Å². The third-order valence-electron chi connectivity index (χ3n) is 3.27. The molecule has 3 aliphatic rings. The largest absolute Gasteiger partial charge is 0.264 e. The van der Waals surface area contributed by atoms with Gasteiger partial charge >= 0.3 is 0 Å². The molecule has 1 nitrogen and oxygen atoms in total. The molecule has 9 heteroatoms. The summed E-state index contributed by atoms with van der Waals surface area (Å²) in [7, 11) is 0. The van der Waals surface area contributed by atoms with E-state index in [1.165, 1.54) is 40.4 Å². The lowest BCUT2D eigenvalue weighted by Gasteiger charge is -2.04. The van der Waals surface area contributed by atoms with E-state index in [2.05, 4.69) is 17.3 Å². The van der Waals surface area contributed by atoms with Crippen molar-refractivity contribution >= 4 is 94.1 Å². The number of hydrogen-bond acceptors (Lipinski definition) is 9. The molecule has 4 rings (SSSR count). The van der Waals surface area contributed by atoms with Crippen molar-refractivity contribution in [1.82, 2.24) is 4.98 Å². The van der Waals surface area contributed by atoms with Gasteiger partial charge in [0.25, 0.3) is 0 Å². The number of pyridine rings is 1. The zero-order valence-electron chi connectivity index (χ0n) is 13.4. The maximum Gasteiger partial charge on any atom is 0.0717 e. The Morgan fingerprint density at radius 2 is 1.68 bits per heavy atom. The van der Waals surface area contributed by atoms with Crippen LogP contribution >= 0.6 is 94.1 Å². The second kappa shape index (κ2) is 9.58. The second-order valence-corrected chi connectivity index (χ2v) is 14.7. The molecule has 0 fully saturated rings. The van der Waals surface area contributed by atoms with Crippen molar-refractivity contribution in [2.45, 2.75) is 12.2 Å². The van der Waals surface area contributed by atoms with E-state index >= 15 is 0 Å². The Kier molecular flexibility index (Phi) is 7.47. The van der Waals surface area contributed by atoms with E-state index in [1.807, 2.05) is 113 Å². The minimum atomic E-state index is 0.990. The lowest BCUT2D eigenvalue weighted by molar-refractivity contribution is 1.13. The molecule has 0 saturated heterocycles. The van der Waals surface area contributed by atoms with Gasteiger partial charge in [-0.25, -0.2) is 0 Å². The molecule has 0 amide bonds. The quantitative estimate of drug-likeness (QED) is 0.425. The Labute approximate surface area is 183 Å². The number of hydrogen-bond donors (Lipinski definition) is 0. The smallest absolute Gasteiger partial charge is 0.0717 e. The molecule has 132 valence electrons. The first-order chi connectivity index (χ1) is 12.3. The monoisotopic (exact) mass is 477 g/mol. The highest BCUT2D eigenvalue weighted by atomic mass is 32.3. The van der Waals surface area contributed by atoms with Crippen LogP contribution in [0.2, 0.25) is 0 Å². The first-order valence-corrected chi connectivity index (χ1v) is 15.0. The highest BCUT2D eigenvalue weighted by molar-refractivity contribution is 8.45. The average Bonchev–Trinajstić information content (AvgIpc) is 3.18. The fourth-order valence-corrected chi connectivity index (χ4v) is 13.8. The topological polar surface area (TPSA) is 12.9 Å². The lowest BCUT2D eigenvalue weighted by atomic mass is 10.3. The standard InChI is InChI=1S/C16H15NS8/c1-18-11-12(21-9-10-4-2-5-17-8-10)23-15(22-11)16-24-13-14(25-16)20-7-3-6-19-13/h2,4-5,8H,3,6-7,9H2,1H3. The van der Waals surface area contributed by atoms with E-state index in [-0.39, 0.29) is 0 Å². The fourth-order valence-electron chi connectivity index (χ4n) is 2.12. The van der Waals surface area contributed by atoms with E-state index in [1.54, 1.807) is 8.47 Å². The summed E-state index contributed by atoms with van der Waals surface area (Å²) in [5.41, 5.74) is 1.29. The molecule has 4 heterocycles. The molecule has 1 aromatic rings. The van der Waals surface area contributed by atoms with Gasteiger partial charge in [-0.1, -0.05) is 53.1 Å². The third kappa shape index (κ3) is 4.96. The van der Waals surface area contributed by atoms with Gasteiger partial charge in [-0.3, -0.25) is 4.98 Å². The SMILES string of the molecule is CSC1=C(SCc2cccnc2)SC(=C2SC3=C(SCCCS3)S2)S1. The number of nitrogens with zero attached hydrogens (tertiary/aromatic N) is 1. The van der Waals surface area contributed by atoms with Gasteiger partial charge in [0.15, 0.2) is 0 Å². The van der Waals surface area contributed by atoms with Gasteiger partial charge in [-0.15, -0.1) is 47.0 Å². The van der Waals surface area contributed by atoms with Gasteiger partial charge in [0.05, 0.1) is 25.4 Å². The Bertz CT molecular complexity index is 720. The predicted octanol–water partition coefficient (Wildman–Crippen LogP) is 7.89. The molecule has 25 heavy (non-hydrogen) atoms. The second-order valence-electron chi connectivity index (χ2n) is 5.04. The van der Waals surface area contributed by atoms with E-state index in [9.17, 15) is 0 Å². The van der Waals surface area contributed by atoms with E-state index in [0.29, 0.717) is 0 Å². The van der Waals surface area contributed by atoms with Crippen molar-refractivity contribution in [1.29, 1.82) is 0 Å². The maximum absolute atomic E-state index is 4.22. The Morgan fingerprint density at radius 1 is 0.960 bits per heavy atom. The van der Waals surface area contributed by atoms with Gasteiger partial charge in [-0.2, -0.15) is 0 Å². The molecule has 0 N–H and O–H groups in total. The summed E-state index contributed by atoms with van der Waals surface area (Å²) in [6.07, 6.45) is 7.32. The summed E-state index contributed by atoms with van der Waals surface area (Å²) in [6, 6.07) is 4.17. The molecule has 1 aromatic heterocycles. The summed E-state index contributed by atoms with van der Waals surface area (Å²) in [4.78, 5) is 4.22. The molecular weight excluding hydrogens is 463 g/mol. The van der Waals surface area contributed by atoms with Crippen molar-refractivity contribution in [3.05, 3.63) is 55.5 Å². The molecule has 0 aliphatic carbocycles. The molecule has 0 atom stereocenters. The van der Waals surface area contributed by atoms with E-state index in [4.69, 9.17) is 0 Å². The molecular formula is C16H15NS8. The van der Waals surface area contributed by atoms with Crippen LogP contribution in [0.25, 0.3) is 0 Å². The van der Waals surface area contributed by atoms with Gasteiger partial charge in [0.2, 0.25) is 0 Å². The molecule has 0 spiro atoms. The van der Waals surface area contributed by atoms with Gasteiger partial charge < -0.3 is 0 Å². The predicted molar refractivity (Wildman–Crippen MR) is 130 cm³/mol. The van der Waals surface area contributed by atoms with Gasteiger partial charge in [0, 0.05) is 18.1 Å². The van der Waals surface area contributed by atoms with Gasteiger partial charge in [-0.05, 0) is 35.8 Å². The third-order valence-corrected chi connectivity index (χ3v) is 14.9. The maximum atomic E-state index is 4.22. The zero-order chi connectivity index (χ0) is 17.1. The van der Waals surface area contributed by atoms with Crippen LogP contribution in [0, 0.1) is 0 Å². The van der Waals surface area contributed by atoms with Crippen molar-refractivity contribution in [3.8, 4) is 0 Å². The van der Waals surface area contributed by atoms with Crippen molar-refractivity contribution < 1.29 is 0 Å². The molecule has 0 radical (unpaired) electrons. The highest BCUT2D eigenvalue weighted by Crippen LogP contribution is 2.66. The summed E-state index contributed by atoms with van der Waals surface area (Å²) in [5, 5.41) is 0. The van der Waals surface area contributed by atoms with Crippen LogP contribution in [0.4, 0.5) is 0 Å². The lowest BCUT2D eigenvalue weighted by Crippen LogP contribution is -1.81. The first-order valence-electron chi connectivity index (χ1n) is 7.59. The Balaban J connectivity index is 1.43. The Hall–Kier alpha value is 1.17. The Morgan fingerprint density at radius 3 is 2.36 bits per heavy atom. The zero-order valence-corrected chi connectivity index (χ0v) is 19.9. The fraction of sp³-hybridized carbons (Fsp3) is 0.312. The minimum Gasteiger partial charge on any atom is -0.264 e. The number of rotatable bonds is 4. The summed E-state index contributed by atoms with van der Waals surface area (Å²) in [6.45, 7) is 0. The first kappa shape index (κ1) is 19.5. The van der Waals surface area contributed by atoms with Crippen molar-refractivity contribution in [2.24, 2.45) is 0 Å². The average molecular weight is 478 g/mol. The summed E-state index contributed by atoms with van der Waals surface area (Å²) in [5.74, 6) is 3.52. The van der Waals surface area contributed by atoms with E-state index < -0.39 is 0 Å². The number of thioether (sulfide) groups is 8. The highest BCUT2D eigenvalue weighted by Gasteiger charge is 2.31. The molecule has 0 saturated carbocycles. The van der Waals surface area contributed by atoms with E-state index in [0.717, 1.165) is 5.75 Å². The summed E-state index contributed by atoms with van der Waals surface area (Å²) >= 11 is 15.9. The molecule has 3 aliphatic heterocycles. The molecule has 0 bridgehead atoms. The van der Waals surface area contributed by atoms with Crippen molar-refractivity contribution in [3.63, 3.8) is 0 Å². The van der Waals surface area contributed by atoms with Crippen molar-refractivity contribution in [2.75, 3.05) is 17.8 Å². The minimum absolute atomic E-state index is 0.990. The van der Waals surface area contributed by atoms with Gasteiger partial charge in [0.1, 0.15) is 0 Å². The van der Waals surface area contributed by atoms with Crippen LogP contribution < -0.4 is 0 Å². The normalized spacial score (nSPS) is 21.2. The van der Waals surface area contributed by atoms with Crippen LogP contribution in [0.1, 0.15) is 12.0 Å².